The molecule has 2 amide bonds. The maximum Gasteiger partial charge on any atom is 0.242 e. The van der Waals surface area contributed by atoms with E-state index in [-0.39, 0.29) is 23.7 Å². The molecule has 3 atom stereocenters. The van der Waals surface area contributed by atoms with Crippen LogP contribution in [0.25, 0.3) is 0 Å². The number of hydrogen-bond donors (Lipinski definition) is 5. The van der Waals surface area contributed by atoms with Crippen molar-refractivity contribution < 1.29 is 9.59 Å². The van der Waals surface area contributed by atoms with Gasteiger partial charge in [-0.1, -0.05) is 54.6 Å². The van der Waals surface area contributed by atoms with Crippen molar-refractivity contribution >= 4 is 17.6 Å². The lowest BCUT2D eigenvalue weighted by Crippen LogP contribution is -2.53. The predicted molar refractivity (Wildman–Crippen MR) is 117 cm³/mol. The Kier molecular flexibility index (Phi) is 7.19. The first-order chi connectivity index (χ1) is 14.4. The van der Waals surface area contributed by atoms with Crippen LogP contribution in [0.2, 0.25) is 0 Å². The largest absolute Gasteiger partial charge is 0.384 e. The summed E-state index contributed by atoms with van der Waals surface area (Å²) in [5, 5.41) is 16.3. The zero-order valence-corrected chi connectivity index (χ0v) is 17.2. The highest BCUT2D eigenvalue weighted by Crippen LogP contribution is 2.27. The lowest BCUT2D eigenvalue weighted by molar-refractivity contribution is -0.130. The van der Waals surface area contributed by atoms with E-state index in [0.717, 1.165) is 18.5 Å². The standard InChI is InChI=1S/C23H29N5O2/c1-15(22(29)27-14-16-7-9-18(10-8-16)21(24)25)28-23(30)20-13-19(11-12-26-20)17-5-3-2-4-6-17/h2-10,15,19-20,26H,11-14H2,1H3,(H3,24,25)(H,27,29)(H,28,30)/t15-,19+,20+/m0/s1. The summed E-state index contributed by atoms with van der Waals surface area (Å²) in [6.07, 6.45) is 1.71. The molecule has 2 aromatic carbocycles. The van der Waals surface area contributed by atoms with Crippen LogP contribution >= 0.6 is 0 Å². The number of carbonyl (C=O) groups is 2. The van der Waals surface area contributed by atoms with Gasteiger partial charge in [-0.25, -0.2) is 0 Å². The fourth-order valence-electron chi connectivity index (χ4n) is 3.67. The van der Waals surface area contributed by atoms with Gasteiger partial charge in [-0.15, -0.1) is 0 Å². The molecule has 0 unspecified atom stereocenters. The van der Waals surface area contributed by atoms with E-state index < -0.39 is 6.04 Å². The number of nitrogens with two attached hydrogens (primary N) is 1. The zero-order valence-electron chi connectivity index (χ0n) is 17.2. The number of hydrogen-bond acceptors (Lipinski definition) is 4. The monoisotopic (exact) mass is 407 g/mol. The Hall–Kier alpha value is -3.19. The Morgan fingerprint density at radius 1 is 1.17 bits per heavy atom. The Balaban J connectivity index is 1.48. The van der Waals surface area contributed by atoms with Crippen molar-refractivity contribution in [2.45, 2.75) is 44.3 Å². The summed E-state index contributed by atoms with van der Waals surface area (Å²) in [5.41, 5.74) is 8.23. The van der Waals surface area contributed by atoms with Crippen molar-refractivity contribution in [3.05, 3.63) is 71.3 Å². The molecule has 2 aromatic rings. The van der Waals surface area contributed by atoms with E-state index in [4.69, 9.17) is 11.1 Å². The number of benzene rings is 2. The molecule has 158 valence electrons. The first-order valence-corrected chi connectivity index (χ1v) is 10.2. The second-order valence-electron chi connectivity index (χ2n) is 7.70. The third-order valence-corrected chi connectivity index (χ3v) is 5.47. The molecule has 1 aliphatic rings. The third kappa shape index (κ3) is 5.67. The third-order valence-electron chi connectivity index (χ3n) is 5.47. The smallest absolute Gasteiger partial charge is 0.242 e. The van der Waals surface area contributed by atoms with E-state index in [1.165, 1.54) is 5.56 Å². The summed E-state index contributed by atoms with van der Waals surface area (Å²) in [4.78, 5) is 25.1. The molecule has 1 aliphatic heterocycles. The SMILES string of the molecule is C[C@H](NC(=O)[C@H]1C[C@H](c2ccccc2)CCN1)C(=O)NCc1ccc(C(=N)N)cc1. The van der Waals surface area contributed by atoms with E-state index in [9.17, 15) is 9.59 Å². The average molecular weight is 408 g/mol. The summed E-state index contributed by atoms with van der Waals surface area (Å²) in [6, 6.07) is 16.4. The Morgan fingerprint density at radius 2 is 1.87 bits per heavy atom. The lowest BCUT2D eigenvalue weighted by atomic mass is 9.86. The van der Waals surface area contributed by atoms with Crippen LogP contribution in [-0.4, -0.2) is 36.3 Å². The van der Waals surface area contributed by atoms with E-state index in [0.29, 0.717) is 24.4 Å². The molecule has 0 spiro atoms. The van der Waals surface area contributed by atoms with Gasteiger partial charge in [0.15, 0.2) is 0 Å². The lowest BCUT2D eigenvalue weighted by Gasteiger charge is -2.30. The van der Waals surface area contributed by atoms with Crippen molar-refractivity contribution in [1.29, 1.82) is 5.41 Å². The van der Waals surface area contributed by atoms with Crippen molar-refractivity contribution in [3.8, 4) is 0 Å². The number of piperidine rings is 1. The molecule has 1 saturated heterocycles. The van der Waals surface area contributed by atoms with E-state index in [1.807, 2.05) is 30.3 Å². The maximum absolute atomic E-state index is 12.7. The van der Waals surface area contributed by atoms with E-state index in [2.05, 4.69) is 28.1 Å². The Labute approximate surface area is 176 Å². The quantitative estimate of drug-likeness (QED) is 0.354. The molecule has 7 heteroatoms. The van der Waals surface area contributed by atoms with Gasteiger partial charge in [-0.3, -0.25) is 15.0 Å². The summed E-state index contributed by atoms with van der Waals surface area (Å²) in [7, 11) is 0. The van der Waals surface area contributed by atoms with Crippen molar-refractivity contribution in [1.82, 2.24) is 16.0 Å². The minimum Gasteiger partial charge on any atom is -0.384 e. The molecule has 30 heavy (non-hydrogen) atoms. The van der Waals surface area contributed by atoms with Gasteiger partial charge in [0.05, 0.1) is 6.04 Å². The number of amidine groups is 1. The second-order valence-corrected chi connectivity index (χ2v) is 7.70. The average Bonchev–Trinajstić information content (AvgIpc) is 2.78. The molecule has 1 fully saturated rings. The first-order valence-electron chi connectivity index (χ1n) is 10.2. The number of nitrogens with one attached hydrogen (secondary N) is 4. The molecule has 0 aromatic heterocycles. The van der Waals surface area contributed by atoms with Crippen molar-refractivity contribution in [3.63, 3.8) is 0 Å². The number of rotatable bonds is 7. The summed E-state index contributed by atoms with van der Waals surface area (Å²) >= 11 is 0. The number of amides is 2. The van der Waals surface area contributed by atoms with Gasteiger partial charge < -0.3 is 21.7 Å². The predicted octanol–water partition coefficient (Wildman–Crippen LogP) is 1.63. The number of carbonyl (C=O) groups excluding carboxylic acids is 2. The highest BCUT2D eigenvalue weighted by atomic mass is 16.2. The van der Waals surface area contributed by atoms with Crippen LogP contribution in [0.15, 0.2) is 54.6 Å². The van der Waals surface area contributed by atoms with Crippen LogP contribution in [0.5, 0.6) is 0 Å². The summed E-state index contributed by atoms with van der Waals surface area (Å²) < 4.78 is 0. The summed E-state index contributed by atoms with van der Waals surface area (Å²) in [5.74, 6) is -0.0449. The molecule has 3 rings (SSSR count). The van der Waals surface area contributed by atoms with Gasteiger partial charge in [-0.2, -0.15) is 0 Å². The van der Waals surface area contributed by atoms with Crippen LogP contribution in [0.3, 0.4) is 0 Å². The normalized spacial score (nSPS) is 19.5. The highest BCUT2D eigenvalue weighted by Gasteiger charge is 2.29. The molecule has 1 heterocycles. The molecule has 0 radical (unpaired) electrons. The molecule has 0 aliphatic carbocycles. The zero-order chi connectivity index (χ0) is 21.5. The van der Waals surface area contributed by atoms with Gasteiger partial charge in [-0.05, 0) is 43.4 Å². The summed E-state index contributed by atoms with van der Waals surface area (Å²) in [6.45, 7) is 2.80. The highest BCUT2D eigenvalue weighted by molar-refractivity contribution is 5.95. The second kappa shape index (κ2) is 10.0. The van der Waals surface area contributed by atoms with Crippen LogP contribution in [0.4, 0.5) is 0 Å². The van der Waals surface area contributed by atoms with Crippen LogP contribution in [0, 0.1) is 5.41 Å². The fourth-order valence-corrected chi connectivity index (χ4v) is 3.67. The first kappa shape index (κ1) is 21.5. The molecule has 6 N–H and O–H groups in total. The van der Waals surface area contributed by atoms with Crippen LogP contribution in [-0.2, 0) is 16.1 Å². The van der Waals surface area contributed by atoms with Gasteiger partial charge in [0, 0.05) is 12.1 Å². The van der Waals surface area contributed by atoms with Gasteiger partial charge in [0.25, 0.3) is 0 Å². The van der Waals surface area contributed by atoms with Crippen molar-refractivity contribution in [2.75, 3.05) is 6.54 Å². The minimum absolute atomic E-state index is 0.00717. The topological polar surface area (TPSA) is 120 Å². The van der Waals surface area contributed by atoms with Gasteiger partial charge in [0.2, 0.25) is 11.8 Å². The molecular formula is C23H29N5O2. The fraction of sp³-hybridized carbons (Fsp3) is 0.348. The van der Waals surface area contributed by atoms with Crippen LogP contribution < -0.4 is 21.7 Å². The Bertz CT molecular complexity index is 882. The minimum atomic E-state index is -0.632. The number of nitrogen functional groups attached to an aromatic ring is 1. The van der Waals surface area contributed by atoms with Crippen molar-refractivity contribution in [2.24, 2.45) is 5.73 Å². The van der Waals surface area contributed by atoms with Gasteiger partial charge in [0.1, 0.15) is 11.9 Å². The molecular weight excluding hydrogens is 378 g/mol. The van der Waals surface area contributed by atoms with E-state index in [1.54, 1.807) is 19.1 Å². The molecule has 0 saturated carbocycles. The molecule has 7 nitrogen and oxygen atoms in total. The molecule has 0 bridgehead atoms. The van der Waals surface area contributed by atoms with Gasteiger partial charge >= 0.3 is 0 Å². The maximum atomic E-state index is 12.7. The van der Waals surface area contributed by atoms with E-state index >= 15 is 0 Å². The van der Waals surface area contributed by atoms with Crippen LogP contribution in [0.1, 0.15) is 42.4 Å². The Morgan fingerprint density at radius 3 is 2.53 bits per heavy atom.